The zero-order chi connectivity index (χ0) is 17.3. The van der Waals surface area contributed by atoms with Crippen molar-refractivity contribution in [3.8, 4) is 0 Å². The molecule has 0 saturated carbocycles. The van der Waals surface area contributed by atoms with Gasteiger partial charge in [0.1, 0.15) is 10.7 Å². The van der Waals surface area contributed by atoms with Crippen LogP contribution in [0, 0.1) is 11.7 Å². The second-order valence-electron chi connectivity index (χ2n) is 5.72. The molecule has 1 aromatic rings. The third-order valence-corrected chi connectivity index (χ3v) is 5.48. The van der Waals surface area contributed by atoms with Crippen molar-refractivity contribution in [2.75, 3.05) is 32.0 Å². The van der Waals surface area contributed by atoms with E-state index in [9.17, 15) is 26.0 Å². The van der Waals surface area contributed by atoms with Gasteiger partial charge in [0, 0.05) is 6.54 Å². The van der Waals surface area contributed by atoms with E-state index in [1.165, 1.54) is 0 Å². The maximum Gasteiger partial charge on any atom is 0.501 e. The molecule has 0 atom stereocenters. The van der Waals surface area contributed by atoms with Crippen LogP contribution in [0.3, 0.4) is 0 Å². The number of benzene rings is 1. The smallest absolute Gasteiger partial charge is 0.384 e. The first-order chi connectivity index (χ1) is 10.6. The van der Waals surface area contributed by atoms with Crippen LogP contribution in [0.2, 0.25) is 0 Å². The largest absolute Gasteiger partial charge is 0.501 e. The van der Waals surface area contributed by atoms with Crippen LogP contribution in [0.5, 0.6) is 0 Å². The van der Waals surface area contributed by atoms with Crippen LogP contribution in [-0.4, -0.2) is 45.5 Å². The van der Waals surface area contributed by atoms with Crippen molar-refractivity contribution in [2.24, 2.45) is 5.92 Å². The van der Waals surface area contributed by atoms with Gasteiger partial charge in [-0.2, -0.15) is 13.2 Å². The van der Waals surface area contributed by atoms with E-state index >= 15 is 0 Å². The fourth-order valence-corrected chi connectivity index (χ4v) is 3.46. The van der Waals surface area contributed by atoms with Crippen molar-refractivity contribution >= 4 is 15.5 Å². The van der Waals surface area contributed by atoms with E-state index in [0.717, 1.165) is 38.1 Å². The zero-order valence-electron chi connectivity index (χ0n) is 12.5. The molecule has 1 aliphatic heterocycles. The molecule has 0 spiro atoms. The van der Waals surface area contributed by atoms with Gasteiger partial charge in [0.25, 0.3) is 9.84 Å². The second kappa shape index (κ2) is 6.64. The Morgan fingerprint density at radius 1 is 1.26 bits per heavy atom. The van der Waals surface area contributed by atoms with E-state index in [1.807, 2.05) is 7.05 Å². The predicted molar refractivity (Wildman–Crippen MR) is 78.4 cm³/mol. The molecule has 1 fully saturated rings. The number of nitrogens with one attached hydrogen (secondary N) is 1. The first-order valence-corrected chi connectivity index (χ1v) is 8.63. The van der Waals surface area contributed by atoms with E-state index in [2.05, 4.69) is 10.2 Å². The number of piperidine rings is 1. The van der Waals surface area contributed by atoms with Gasteiger partial charge in [-0.15, -0.1) is 0 Å². The van der Waals surface area contributed by atoms with Crippen LogP contribution in [0.25, 0.3) is 0 Å². The fraction of sp³-hybridized carbons (Fsp3) is 0.571. The lowest BCUT2D eigenvalue weighted by atomic mass is 9.97. The molecule has 9 heteroatoms. The first kappa shape index (κ1) is 18.0. The SMILES string of the molecule is CN1CCC(CNc2ccc(F)cc2S(=O)(=O)C(F)(F)F)CC1. The molecule has 1 aliphatic rings. The molecule has 0 bridgehead atoms. The highest BCUT2D eigenvalue weighted by Crippen LogP contribution is 2.35. The Kier molecular flexibility index (Phi) is 5.20. The summed E-state index contributed by atoms with van der Waals surface area (Å²) in [5.74, 6) is -0.796. The van der Waals surface area contributed by atoms with Crippen molar-refractivity contribution in [2.45, 2.75) is 23.2 Å². The minimum absolute atomic E-state index is 0.220. The van der Waals surface area contributed by atoms with Crippen molar-refractivity contribution in [3.63, 3.8) is 0 Å². The van der Waals surface area contributed by atoms with Crippen LogP contribution in [-0.2, 0) is 9.84 Å². The Balaban J connectivity index is 2.20. The van der Waals surface area contributed by atoms with Gasteiger partial charge in [-0.05, 0) is 57.1 Å². The average molecular weight is 354 g/mol. The molecule has 130 valence electrons. The van der Waals surface area contributed by atoms with Crippen molar-refractivity contribution in [3.05, 3.63) is 24.0 Å². The van der Waals surface area contributed by atoms with E-state index in [1.54, 1.807) is 0 Å². The van der Waals surface area contributed by atoms with Gasteiger partial charge in [0.15, 0.2) is 0 Å². The third-order valence-electron chi connectivity index (χ3n) is 3.96. The van der Waals surface area contributed by atoms with Crippen LogP contribution >= 0.6 is 0 Å². The number of likely N-dealkylation sites (tertiary alicyclic amines) is 1. The molecule has 0 aromatic heterocycles. The summed E-state index contributed by atoms with van der Waals surface area (Å²) < 4.78 is 74.6. The third kappa shape index (κ3) is 4.14. The Morgan fingerprint density at radius 2 is 1.87 bits per heavy atom. The molecule has 0 amide bonds. The molecule has 1 aromatic carbocycles. The summed E-state index contributed by atoms with van der Waals surface area (Å²) >= 11 is 0. The number of sulfone groups is 1. The Morgan fingerprint density at radius 3 is 2.43 bits per heavy atom. The normalized spacial score (nSPS) is 18.1. The number of hydrogen-bond acceptors (Lipinski definition) is 4. The van der Waals surface area contributed by atoms with E-state index in [-0.39, 0.29) is 11.6 Å². The van der Waals surface area contributed by atoms with Gasteiger partial charge < -0.3 is 10.2 Å². The second-order valence-corrected chi connectivity index (χ2v) is 7.63. The molecular weight excluding hydrogens is 336 g/mol. The van der Waals surface area contributed by atoms with E-state index in [4.69, 9.17) is 0 Å². The highest BCUT2D eigenvalue weighted by molar-refractivity contribution is 7.92. The number of rotatable bonds is 4. The highest BCUT2D eigenvalue weighted by atomic mass is 32.2. The van der Waals surface area contributed by atoms with Gasteiger partial charge in [-0.25, -0.2) is 12.8 Å². The molecule has 2 rings (SSSR count). The number of nitrogens with zero attached hydrogens (tertiary/aromatic N) is 1. The van der Waals surface area contributed by atoms with E-state index < -0.39 is 26.1 Å². The molecule has 1 N–H and O–H groups in total. The minimum atomic E-state index is -5.60. The molecule has 0 aliphatic carbocycles. The van der Waals surface area contributed by atoms with Crippen LogP contribution in [0.15, 0.2) is 23.1 Å². The maximum absolute atomic E-state index is 13.2. The summed E-state index contributed by atoms with van der Waals surface area (Å²) in [7, 11) is -3.62. The number of halogens is 4. The summed E-state index contributed by atoms with van der Waals surface area (Å²) in [5, 5.41) is 2.74. The summed E-state index contributed by atoms with van der Waals surface area (Å²) in [6.45, 7) is 2.10. The van der Waals surface area contributed by atoms with Gasteiger partial charge >= 0.3 is 5.51 Å². The molecule has 0 unspecified atom stereocenters. The number of alkyl halides is 3. The predicted octanol–water partition coefficient (Wildman–Crippen LogP) is 2.87. The number of hydrogen-bond donors (Lipinski definition) is 1. The summed E-state index contributed by atoms with van der Waals surface area (Å²) in [6, 6.07) is 2.37. The van der Waals surface area contributed by atoms with Crippen LogP contribution in [0.1, 0.15) is 12.8 Å². The molecule has 1 heterocycles. The lowest BCUT2D eigenvalue weighted by Crippen LogP contribution is -2.33. The van der Waals surface area contributed by atoms with Crippen molar-refractivity contribution in [1.29, 1.82) is 0 Å². The standard InChI is InChI=1S/C14H18F4N2O2S/c1-20-6-4-10(5-7-20)9-19-12-3-2-11(15)8-13(12)23(21,22)14(16,17)18/h2-3,8,10,19H,4-7,9H2,1H3. The maximum atomic E-state index is 13.2. The van der Waals surface area contributed by atoms with Gasteiger partial charge in [0.2, 0.25) is 0 Å². The molecule has 1 saturated heterocycles. The summed E-state index contributed by atoms with van der Waals surface area (Å²) in [6.07, 6.45) is 1.73. The molecular formula is C14H18F4N2O2S. The zero-order valence-corrected chi connectivity index (χ0v) is 13.3. The van der Waals surface area contributed by atoms with E-state index in [0.29, 0.717) is 12.6 Å². The van der Waals surface area contributed by atoms with Crippen LogP contribution < -0.4 is 5.32 Å². The summed E-state index contributed by atoms with van der Waals surface area (Å²) in [4.78, 5) is 1.08. The topological polar surface area (TPSA) is 49.4 Å². The first-order valence-electron chi connectivity index (χ1n) is 7.14. The Bertz CT molecular complexity index is 653. The number of anilines is 1. The molecule has 4 nitrogen and oxygen atoms in total. The highest BCUT2D eigenvalue weighted by Gasteiger charge is 2.48. The van der Waals surface area contributed by atoms with Gasteiger partial charge in [0.05, 0.1) is 5.69 Å². The minimum Gasteiger partial charge on any atom is -0.384 e. The van der Waals surface area contributed by atoms with Crippen LogP contribution in [0.4, 0.5) is 23.2 Å². The quantitative estimate of drug-likeness (QED) is 0.845. The Labute approximate surface area is 132 Å². The van der Waals surface area contributed by atoms with Gasteiger partial charge in [-0.1, -0.05) is 0 Å². The lowest BCUT2D eigenvalue weighted by molar-refractivity contribution is -0.0435. The average Bonchev–Trinajstić information content (AvgIpc) is 2.46. The molecule has 23 heavy (non-hydrogen) atoms. The molecule has 0 radical (unpaired) electrons. The monoisotopic (exact) mass is 354 g/mol. The van der Waals surface area contributed by atoms with Crippen molar-refractivity contribution < 1.29 is 26.0 Å². The summed E-state index contributed by atoms with van der Waals surface area (Å²) in [5.41, 5.74) is -5.69. The fourth-order valence-electron chi connectivity index (χ4n) is 2.51. The van der Waals surface area contributed by atoms with Gasteiger partial charge in [-0.3, -0.25) is 0 Å². The van der Waals surface area contributed by atoms with Crippen molar-refractivity contribution in [1.82, 2.24) is 4.90 Å². The Hall–Kier alpha value is -1.35. The lowest BCUT2D eigenvalue weighted by Gasteiger charge is -2.29.